The Morgan fingerprint density at radius 3 is 2.47 bits per heavy atom. The first kappa shape index (κ1) is 14.7. The number of halogens is 1. The van der Waals surface area contributed by atoms with Crippen LogP contribution in [0, 0.1) is 5.92 Å². The minimum atomic E-state index is 0.271. The number of aryl methyl sites for hydroxylation is 2. The largest absolute Gasteiger partial charge is 0.327 e. The van der Waals surface area contributed by atoms with Gasteiger partial charge in [0.05, 0.1) is 15.9 Å². The number of hydrogen-bond donors (Lipinski definition) is 1. The minimum absolute atomic E-state index is 0.271. The second-order valence-corrected chi connectivity index (χ2v) is 5.42. The number of aromatic nitrogens is 2. The molecule has 1 heterocycles. The second-order valence-electron chi connectivity index (χ2n) is 4.63. The first-order chi connectivity index (χ1) is 8.04. The van der Waals surface area contributed by atoms with Crippen LogP contribution in [0.5, 0.6) is 0 Å². The Kier molecular flexibility index (Phi) is 5.67. The van der Waals surface area contributed by atoms with Crippen molar-refractivity contribution >= 4 is 15.9 Å². The second kappa shape index (κ2) is 6.55. The van der Waals surface area contributed by atoms with Crippen molar-refractivity contribution in [2.75, 3.05) is 0 Å². The molecule has 17 heavy (non-hydrogen) atoms. The first-order valence-electron chi connectivity index (χ1n) is 6.54. The van der Waals surface area contributed by atoms with E-state index in [1.807, 2.05) is 0 Å². The Hall–Kier alpha value is -0.350. The van der Waals surface area contributed by atoms with Gasteiger partial charge in [-0.05, 0) is 48.0 Å². The van der Waals surface area contributed by atoms with Crippen LogP contribution < -0.4 is 5.73 Å². The van der Waals surface area contributed by atoms with Crippen LogP contribution in [0.25, 0.3) is 0 Å². The van der Waals surface area contributed by atoms with E-state index in [9.17, 15) is 0 Å². The fraction of sp³-hybridized carbons (Fsp3) is 0.769. The van der Waals surface area contributed by atoms with E-state index >= 15 is 0 Å². The van der Waals surface area contributed by atoms with Gasteiger partial charge in [0.1, 0.15) is 0 Å². The van der Waals surface area contributed by atoms with Gasteiger partial charge in [-0.2, -0.15) is 5.10 Å². The summed E-state index contributed by atoms with van der Waals surface area (Å²) >= 11 is 3.68. The SMILES string of the molecule is CCc1nn(CC)c(CC(C)C(N)CC)c1Br. The predicted molar refractivity (Wildman–Crippen MR) is 76.1 cm³/mol. The van der Waals surface area contributed by atoms with Gasteiger partial charge in [-0.1, -0.05) is 20.8 Å². The molecule has 1 aromatic heterocycles. The standard InChI is InChI=1S/C13H24BrN3/c1-5-10(15)9(4)8-12-13(14)11(6-2)16-17(12)7-3/h9-10H,5-8,15H2,1-4H3. The maximum atomic E-state index is 6.10. The molecule has 0 fully saturated rings. The fourth-order valence-corrected chi connectivity index (χ4v) is 2.80. The van der Waals surface area contributed by atoms with E-state index in [0.717, 1.165) is 31.5 Å². The molecular formula is C13H24BrN3. The lowest BCUT2D eigenvalue weighted by Crippen LogP contribution is -2.29. The van der Waals surface area contributed by atoms with Gasteiger partial charge in [0.15, 0.2) is 0 Å². The molecule has 0 amide bonds. The lowest BCUT2D eigenvalue weighted by atomic mass is 9.95. The van der Waals surface area contributed by atoms with Crippen LogP contribution in [0.3, 0.4) is 0 Å². The molecule has 0 radical (unpaired) electrons. The maximum absolute atomic E-state index is 6.10. The van der Waals surface area contributed by atoms with E-state index in [4.69, 9.17) is 5.73 Å². The van der Waals surface area contributed by atoms with Crippen LogP contribution in [-0.4, -0.2) is 15.8 Å². The van der Waals surface area contributed by atoms with Crippen LogP contribution in [0.1, 0.15) is 45.5 Å². The van der Waals surface area contributed by atoms with E-state index < -0.39 is 0 Å². The van der Waals surface area contributed by atoms with Gasteiger partial charge in [0.2, 0.25) is 0 Å². The highest BCUT2D eigenvalue weighted by atomic mass is 79.9. The summed E-state index contributed by atoms with van der Waals surface area (Å²) in [4.78, 5) is 0. The van der Waals surface area contributed by atoms with Gasteiger partial charge in [0.25, 0.3) is 0 Å². The van der Waals surface area contributed by atoms with Gasteiger partial charge in [-0.3, -0.25) is 4.68 Å². The van der Waals surface area contributed by atoms with E-state index in [1.54, 1.807) is 0 Å². The molecule has 0 aliphatic rings. The lowest BCUT2D eigenvalue weighted by molar-refractivity contribution is 0.426. The molecule has 2 unspecified atom stereocenters. The van der Waals surface area contributed by atoms with Gasteiger partial charge >= 0.3 is 0 Å². The molecule has 0 aromatic carbocycles. The molecule has 0 bridgehead atoms. The Bertz CT molecular complexity index is 360. The summed E-state index contributed by atoms with van der Waals surface area (Å²) in [6, 6.07) is 0.271. The molecule has 2 atom stereocenters. The van der Waals surface area contributed by atoms with E-state index in [2.05, 4.69) is 53.4 Å². The molecule has 3 nitrogen and oxygen atoms in total. The van der Waals surface area contributed by atoms with Gasteiger partial charge < -0.3 is 5.73 Å². The van der Waals surface area contributed by atoms with Crippen molar-refractivity contribution in [2.45, 2.75) is 59.5 Å². The van der Waals surface area contributed by atoms with Crippen molar-refractivity contribution in [3.05, 3.63) is 15.9 Å². The lowest BCUT2D eigenvalue weighted by Gasteiger charge is -2.18. The molecule has 0 spiro atoms. The Labute approximate surface area is 113 Å². The number of hydrogen-bond acceptors (Lipinski definition) is 2. The molecule has 0 aliphatic carbocycles. The molecular weight excluding hydrogens is 278 g/mol. The van der Waals surface area contributed by atoms with E-state index in [-0.39, 0.29) is 6.04 Å². The summed E-state index contributed by atoms with van der Waals surface area (Å²) in [5, 5.41) is 4.61. The Morgan fingerprint density at radius 2 is 2.00 bits per heavy atom. The monoisotopic (exact) mass is 301 g/mol. The van der Waals surface area contributed by atoms with Crippen molar-refractivity contribution in [1.82, 2.24) is 9.78 Å². The number of rotatable bonds is 6. The summed E-state index contributed by atoms with van der Waals surface area (Å²) < 4.78 is 3.28. The summed E-state index contributed by atoms with van der Waals surface area (Å²) in [5.74, 6) is 0.489. The summed E-state index contributed by atoms with van der Waals surface area (Å²) in [6.07, 6.45) is 2.99. The normalized spacial score (nSPS) is 14.9. The molecule has 0 aliphatic heterocycles. The van der Waals surface area contributed by atoms with Gasteiger partial charge in [-0.15, -0.1) is 0 Å². The molecule has 0 saturated heterocycles. The third-order valence-electron chi connectivity index (χ3n) is 3.41. The van der Waals surface area contributed by atoms with Crippen LogP contribution >= 0.6 is 15.9 Å². The average molecular weight is 302 g/mol. The minimum Gasteiger partial charge on any atom is -0.327 e. The predicted octanol–water partition coefficient (Wildman–Crippen LogP) is 3.14. The van der Waals surface area contributed by atoms with Crippen molar-refractivity contribution < 1.29 is 0 Å². The van der Waals surface area contributed by atoms with Gasteiger partial charge in [0, 0.05) is 12.6 Å². The van der Waals surface area contributed by atoms with E-state index in [0.29, 0.717) is 5.92 Å². The molecule has 4 heteroatoms. The van der Waals surface area contributed by atoms with Crippen molar-refractivity contribution in [2.24, 2.45) is 11.7 Å². The fourth-order valence-electron chi connectivity index (χ4n) is 2.07. The highest BCUT2D eigenvalue weighted by molar-refractivity contribution is 9.10. The van der Waals surface area contributed by atoms with Crippen LogP contribution in [-0.2, 0) is 19.4 Å². The Morgan fingerprint density at radius 1 is 1.35 bits per heavy atom. The zero-order valence-corrected chi connectivity index (χ0v) is 12.9. The molecule has 2 N–H and O–H groups in total. The Balaban J connectivity index is 2.92. The smallest absolute Gasteiger partial charge is 0.0766 e. The molecule has 1 aromatic rings. The van der Waals surface area contributed by atoms with Crippen molar-refractivity contribution in [1.29, 1.82) is 0 Å². The number of nitrogens with two attached hydrogens (primary N) is 1. The van der Waals surface area contributed by atoms with Crippen molar-refractivity contribution in [3.8, 4) is 0 Å². The first-order valence-corrected chi connectivity index (χ1v) is 7.33. The highest BCUT2D eigenvalue weighted by Gasteiger charge is 2.19. The third kappa shape index (κ3) is 3.32. The summed E-state index contributed by atoms with van der Waals surface area (Å²) in [7, 11) is 0. The molecule has 1 rings (SSSR count). The third-order valence-corrected chi connectivity index (χ3v) is 4.33. The summed E-state index contributed by atoms with van der Waals surface area (Å²) in [6.45, 7) is 9.55. The van der Waals surface area contributed by atoms with E-state index in [1.165, 1.54) is 10.2 Å². The van der Waals surface area contributed by atoms with Gasteiger partial charge in [-0.25, -0.2) is 0 Å². The highest BCUT2D eigenvalue weighted by Crippen LogP contribution is 2.25. The topological polar surface area (TPSA) is 43.8 Å². The zero-order chi connectivity index (χ0) is 13.0. The average Bonchev–Trinajstić information content (AvgIpc) is 2.65. The van der Waals surface area contributed by atoms with Crippen molar-refractivity contribution in [3.63, 3.8) is 0 Å². The number of nitrogens with zero attached hydrogens (tertiary/aromatic N) is 2. The maximum Gasteiger partial charge on any atom is 0.0766 e. The van der Waals surface area contributed by atoms with Crippen LogP contribution in [0.15, 0.2) is 4.47 Å². The molecule has 98 valence electrons. The molecule has 0 saturated carbocycles. The van der Waals surface area contributed by atoms with Crippen LogP contribution in [0.2, 0.25) is 0 Å². The quantitative estimate of drug-likeness (QED) is 0.877. The van der Waals surface area contributed by atoms with Crippen LogP contribution in [0.4, 0.5) is 0 Å². The summed E-state index contributed by atoms with van der Waals surface area (Å²) in [5.41, 5.74) is 8.54. The zero-order valence-electron chi connectivity index (χ0n) is 11.3.